The number of hydrogen-bond acceptors (Lipinski definition) is 4. The smallest absolute Gasteiger partial charge is 0.270 e. The highest BCUT2D eigenvalue weighted by molar-refractivity contribution is 5.92. The van der Waals surface area contributed by atoms with Crippen molar-refractivity contribution in [2.75, 3.05) is 18.4 Å². The molecule has 0 saturated carbocycles. The number of nitrogens with zero attached hydrogens (tertiary/aromatic N) is 2. The number of aromatic nitrogens is 2. The van der Waals surface area contributed by atoms with Crippen LogP contribution in [0.4, 0.5) is 5.82 Å². The van der Waals surface area contributed by atoms with Crippen molar-refractivity contribution in [1.82, 2.24) is 15.3 Å². The lowest BCUT2D eigenvalue weighted by Gasteiger charge is -2.08. The molecule has 0 aliphatic heterocycles. The molecule has 3 rings (SSSR count). The molecule has 5 heteroatoms. The van der Waals surface area contributed by atoms with E-state index in [1.165, 1.54) is 17.5 Å². The van der Waals surface area contributed by atoms with Crippen molar-refractivity contribution >= 4 is 11.7 Å². The van der Waals surface area contributed by atoms with Gasteiger partial charge in [0.2, 0.25) is 0 Å². The average Bonchev–Trinajstić information content (AvgIpc) is 2.73. The first-order valence-electron chi connectivity index (χ1n) is 9.23. The van der Waals surface area contributed by atoms with E-state index in [1.807, 2.05) is 36.4 Å². The van der Waals surface area contributed by atoms with Crippen LogP contribution < -0.4 is 10.6 Å². The van der Waals surface area contributed by atoms with E-state index < -0.39 is 0 Å². The molecular weight excluding hydrogens is 336 g/mol. The number of hydrogen-bond donors (Lipinski definition) is 2. The predicted octanol–water partition coefficient (Wildman–Crippen LogP) is 3.49. The van der Waals surface area contributed by atoms with Gasteiger partial charge in [0.15, 0.2) is 0 Å². The molecular formula is C22H24N4O. The molecule has 0 unspecified atom stereocenters. The second-order valence-corrected chi connectivity index (χ2v) is 6.30. The zero-order valence-electron chi connectivity index (χ0n) is 15.3. The van der Waals surface area contributed by atoms with Gasteiger partial charge in [-0.2, -0.15) is 0 Å². The fourth-order valence-electron chi connectivity index (χ4n) is 2.79. The van der Waals surface area contributed by atoms with E-state index in [-0.39, 0.29) is 5.91 Å². The summed E-state index contributed by atoms with van der Waals surface area (Å²) in [5, 5.41) is 6.17. The van der Waals surface area contributed by atoms with Crippen LogP contribution in [0.1, 0.15) is 28.0 Å². The van der Waals surface area contributed by atoms with Gasteiger partial charge in [-0.15, -0.1) is 0 Å². The number of amides is 1. The van der Waals surface area contributed by atoms with Crippen LogP contribution in [-0.4, -0.2) is 29.0 Å². The van der Waals surface area contributed by atoms with Crippen LogP contribution >= 0.6 is 0 Å². The summed E-state index contributed by atoms with van der Waals surface area (Å²) in [5.41, 5.74) is 2.89. The van der Waals surface area contributed by atoms with Crippen LogP contribution in [0.15, 0.2) is 73.1 Å². The molecule has 0 radical (unpaired) electrons. The normalized spacial score (nSPS) is 10.4. The molecule has 3 aromatic rings. The molecule has 1 amide bonds. The van der Waals surface area contributed by atoms with Gasteiger partial charge >= 0.3 is 0 Å². The Kier molecular flexibility index (Phi) is 6.92. The van der Waals surface area contributed by atoms with Gasteiger partial charge in [-0.1, -0.05) is 60.7 Å². The van der Waals surface area contributed by atoms with Crippen LogP contribution in [0.25, 0.3) is 0 Å². The molecule has 0 aliphatic rings. The summed E-state index contributed by atoms with van der Waals surface area (Å²) in [5.74, 6) is 0.493. The Morgan fingerprint density at radius 1 is 0.815 bits per heavy atom. The summed E-state index contributed by atoms with van der Waals surface area (Å²) in [6.07, 6.45) is 4.21. The minimum atomic E-state index is -0.180. The molecule has 27 heavy (non-hydrogen) atoms. The Balaban J connectivity index is 1.42. The average molecular weight is 360 g/mol. The molecule has 138 valence electrons. The van der Waals surface area contributed by atoms with E-state index in [9.17, 15) is 4.79 Å². The van der Waals surface area contributed by atoms with Crippen molar-refractivity contribution in [3.05, 3.63) is 89.9 Å². The summed E-state index contributed by atoms with van der Waals surface area (Å²) in [6.45, 7) is 1.37. The van der Waals surface area contributed by atoms with Crippen molar-refractivity contribution in [2.45, 2.75) is 19.3 Å². The lowest BCUT2D eigenvalue weighted by molar-refractivity contribution is 0.0949. The van der Waals surface area contributed by atoms with E-state index in [4.69, 9.17) is 0 Å². The van der Waals surface area contributed by atoms with Crippen LogP contribution in [-0.2, 0) is 12.8 Å². The van der Waals surface area contributed by atoms with Crippen molar-refractivity contribution < 1.29 is 4.79 Å². The number of nitrogens with one attached hydrogen (secondary N) is 2. The molecule has 0 aliphatic carbocycles. The molecule has 2 aromatic carbocycles. The Hall–Kier alpha value is -3.21. The molecule has 0 fully saturated rings. The number of anilines is 1. The second-order valence-electron chi connectivity index (χ2n) is 6.30. The monoisotopic (exact) mass is 360 g/mol. The number of aryl methyl sites for hydroxylation is 1. The van der Waals surface area contributed by atoms with Gasteiger partial charge in [0.25, 0.3) is 5.91 Å². The Morgan fingerprint density at radius 3 is 2.19 bits per heavy atom. The highest BCUT2D eigenvalue weighted by Crippen LogP contribution is 2.06. The maximum absolute atomic E-state index is 12.3. The van der Waals surface area contributed by atoms with Gasteiger partial charge in [0, 0.05) is 19.2 Å². The van der Waals surface area contributed by atoms with Crippen LogP contribution in [0.2, 0.25) is 0 Å². The summed E-state index contributed by atoms with van der Waals surface area (Å²) in [7, 11) is 0. The minimum Gasteiger partial charge on any atom is -0.370 e. The maximum Gasteiger partial charge on any atom is 0.270 e. The lowest BCUT2D eigenvalue weighted by Crippen LogP contribution is -2.26. The molecule has 5 nitrogen and oxygen atoms in total. The van der Waals surface area contributed by atoms with Crippen molar-refractivity contribution in [2.24, 2.45) is 0 Å². The standard InChI is InChI=1S/C22H24N4O/c27-22(24-15-13-19-10-5-2-6-11-19)20-16-21(26-17-25-20)23-14-7-12-18-8-3-1-4-9-18/h1-6,8-11,16-17H,7,12-15H2,(H,24,27)(H,23,25,26). The first kappa shape index (κ1) is 18.6. The van der Waals surface area contributed by atoms with Gasteiger partial charge in [-0.05, 0) is 30.4 Å². The molecule has 0 saturated heterocycles. The Morgan fingerprint density at radius 2 is 1.48 bits per heavy atom. The molecule has 0 spiro atoms. The lowest BCUT2D eigenvalue weighted by atomic mass is 10.1. The van der Waals surface area contributed by atoms with E-state index in [2.05, 4.69) is 44.9 Å². The topological polar surface area (TPSA) is 66.9 Å². The van der Waals surface area contributed by atoms with Gasteiger partial charge in [0.1, 0.15) is 17.8 Å². The molecule has 1 aromatic heterocycles. The summed E-state index contributed by atoms with van der Waals surface area (Å²) < 4.78 is 0. The molecule has 0 atom stereocenters. The minimum absolute atomic E-state index is 0.180. The van der Waals surface area contributed by atoms with Crippen LogP contribution in [0.3, 0.4) is 0 Å². The quantitative estimate of drug-likeness (QED) is 0.573. The zero-order chi connectivity index (χ0) is 18.7. The van der Waals surface area contributed by atoms with Gasteiger partial charge < -0.3 is 10.6 Å². The first-order chi connectivity index (χ1) is 13.3. The number of rotatable bonds is 9. The van der Waals surface area contributed by atoms with Gasteiger partial charge in [0.05, 0.1) is 0 Å². The Labute approximate surface area is 159 Å². The predicted molar refractivity (Wildman–Crippen MR) is 108 cm³/mol. The SMILES string of the molecule is O=C(NCCc1ccccc1)c1cc(NCCCc2ccccc2)ncn1. The van der Waals surface area contributed by atoms with Crippen molar-refractivity contribution in [3.63, 3.8) is 0 Å². The van der Waals surface area contributed by atoms with E-state index in [0.717, 1.165) is 25.8 Å². The maximum atomic E-state index is 12.3. The Bertz CT molecular complexity index is 837. The highest BCUT2D eigenvalue weighted by Gasteiger charge is 2.08. The fraction of sp³-hybridized carbons (Fsp3) is 0.227. The largest absolute Gasteiger partial charge is 0.370 e. The summed E-state index contributed by atoms with van der Waals surface area (Å²) >= 11 is 0. The fourth-order valence-corrected chi connectivity index (χ4v) is 2.79. The van der Waals surface area contributed by atoms with Gasteiger partial charge in [-0.3, -0.25) is 4.79 Å². The van der Waals surface area contributed by atoms with Crippen molar-refractivity contribution in [3.8, 4) is 0 Å². The van der Waals surface area contributed by atoms with E-state index in [0.29, 0.717) is 18.1 Å². The highest BCUT2D eigenvalue weighted by atomic mass is 16.1. The molecule has 0 bridgehead atoms. The number of benzene rings is 2. The van der Waals surface area contributed by atoms with Gasteiger partial charge in [-0.25, -0.2) is 9.97 Å². The zero-order valence-corrected chi connectivity index (χ0v) is 15.3. The second kappa shape index (κ2) is 10.1. The summed E-state index contributed by atoms with van der Waals surface area (Å²) in [6, 6.07) is 22.2. The number of carbonyl (C=O) groups is 1. The van der Waals surface area contributed by atoms with Crippen LogP contribution in [0, 0.1) is 0 Å². The third-order valence-electron chi connectivity index (χ3n) is 4.23. The third-order valence-corrected chi connectivity index (χ3v) is 4.23. The van der Waals surface area contributed by atoms with E-state index >= 15 is 0 Å². The summed E-state index contributed by atoms with van der Waals surface area (Å²) in [4.78, 5) is 20.5. The third kappa shape index (κ3) is 6.22. The van der Waals surface area contributed by atoms with Crippen molar-refractivity contribution in [1.29, 1.82) is 0 Å². The van der Waals surface area contributed by atoms with Crippen LogP contribution in [0.5, 0.6) is 0 Å². The molecule has 2 N–H and O–H groups in total. The number of carbonyl (C=O) groups excluding carboxylic acids is 1. The molecule has 1 heterocycles. The first-order valence-corrected chi connectivity index (χ1v) is 9.23. The van der Waals surface area contributed by atoms with E-state index in [1.54, 1.807) is 6.07 Å².